The molecule has 2 amide bonds. The van der Waals surface area contributed by atoms with Crippen LogP contribution in [0.3, 0.4) is 0 Å². The molecule has 0 aromatic heterocycles. The number of ether oxygens (including phenoxy) is 3. The fourth-order valence-electron chi connectivity index (χ4n) is 3.15. The van der Waals surface area contributed by atoms with Crippen LogP contribution in [0, 0.1) is 0 Å². The van der Waals surface area contributed by atoms with Gasteiger partial charge in [-0.25, -0.2) is 4.79 Å². The van der Waals surface area contributed by atoms with Crippen LogP contribution in [0.4, 0.5) is 5.69 Å². The first-order chi connectivity index (χ1) is 14.0. The first kappa shape index (κ1) is 18.7. The fraction of sp³-hybridized carbons (Fsp3) is 0.238. The number of esters is 1. The van der Waals surface area contributed by atoms with Crippen LogP contribution in [0.15, 0.2) is 42.5 Å². The number of anilines is 1. The molecular weight excluding hydrogens is 378 g/mol. The van der Waals surface area contributed by atoms with Gasteiger partial charge in [-0.3, -0.25) is 19.3 Å². The van der Waals surface area contributed by atoms with Crippen LogP contribution < -0.4 is 14.4 Å². The van der Waals surface area contributed by atoms with Crippen LogP contribution in [0.5, 0.6) is 11.5 Å². The van der Waals surface area contributed by atoms with Crippen molar-refractivity contribution in [2.75, 3.05) is 24.7 Å². The Kier molecular flexibility index (Phi) is 4.99. The highest BCUT2D eigenvalue weighted by Crippen LogP contribution is 2.31. The lowest BCUT2D eigenvalue weighted by atomic mass is 10.1. The van der Waals surface area contributed by atoms with Gasteiger partial charge in [0.25, 0.3) is 0 Å². The van der Waals surface area contributed by atoms with Gasteiger partial charge in [-0.2, -0.15) is 0 Å². The van der Waals surface area contributed by atoms with Crippen molar-refractivity contribution >= 4 is 29.3 Å². The Bertz CT molecular complexity index is 998. The van der Waals surface area contributed by atoms with Crippen molar-refractivity contribution in [3.05, 3.63) is 53.6 Å². The van der Waals surface area contributed by atoms with E-state index in [1.165, 1.54) is 12.1 Å². The van der Waals surface area contributed by atoms with Crippen molar-refractivity contribution in [2.45, 2.75) is 12.8 Å². The van der Waals surface area contributed by atoms with Crippen molar-refractivity contribution in [3.8, 4) is 11.5 Å². The van der Waals surface area contributed by atoms with Crippen LogP contribution in [-0.4, -0.2) is 43.4 Å². The molecule has 2 heterocycles. The second-order valence-electron chi connectivity index (χ2n) is 6.53. The molecule has 0 aliphatic carbocycles. The number of fused-ring (bicyclic) bond motifs is 1. The van der Waals surface area contributed by atoms with E-state index in [-0.39, 0.29) is 30.2 Å². The number of carbonyl (C=O) groups is 4. The molecule has 0 bridgehead atoms. The summed E-state index contributed by atoms with van der Waals surface area (Å²) in [6.45, 7) is 0.397. The monoisotopic (exact) mass is 395 g/mol. The number of nitrogens with zero attached hydrogens (tertiary/aromatic N) is 1. The van der Waals surface area contributed by atoms with E-state index in [1.807, 2.05) is 0 Å². The van der Waals surface area contributed by atoms with Gasteiger partial charge >= 0.3 is 5.97 Å². The van der Waals surface area contributed by atoms with Gasteiger partial charge < -0.3 is 14.2 Å². The molecule has 4 rings (SSSR count). The Morgan fingerprint density at radius 1 is 0.897 bits per heavy atom. The van der Waals surface area contributed by atoms with Crippen LogP contribution in [0.2, 0.25) is 0 Å². The van der Waals surface area contributed by atoms with E-state index >= 15 is 0 Å². The first-order valence-corrected chi connectivity index (χ1v) is 9.09. The lowest BCUT2D eigenvalue weighted by molar-refractivity contribution is -0.121. The quantitative estimate of drug-likeness (QED) is 0.434. The van der Waals surface area contributed by atoms with Crippen molar-refractivity contribution < 1.29 is 33.4 Å². The maximum Gasteiger partial charge on any atom is 0.338 e. The lowest BCUT2D eigenvalue weighted by Crippen LogP contribution is -2.28. The summed E-state index contributed by atoms with van der Waals surface area (Å²) < 4.78 is 16.0. The van der Waals surface area contributed by atoms with Gasteiger partial charge in [-0.1, -0.05) is 6.07 Å². The molecule has 0 N–H and O–H groups in total. The van der Waals surface area contributed by atoms with Crippen molar-refractivity contribution in [1.82, 2.24) is 0 Å². The number of rotatable bonds is 5. The van der Waals surface area contributed by atoms with E-state index < -0.39 is 18.4 Å². The standard InChI is InChI=1S/C21H17NO7/c23-16(13-4-5-17-18(11-13)28-9-8-27-17)12-29-21(26)14-2-1-3-15(10-14)22-19(24)6-7-20(22)25/h1-5,10-11H,6-9,12H2. The highest BCUT2D eigenvalue weighted by molar-refractivity contribution is 6.20. The minimum atomic E-state index is -0.725. The summed E-state index contributed by atoms with van der Waals surface area (Å²) in [7, 11) is 0. The first-order valence-electron chi connectivity index (χ1n) is 9.09. The summed E-state index contributed by atoms with van der Waals surface area (Å²) in [6.07, 6.45) is 0.301. The van der Waals surface area contributed by atoms with Gasteiger partial charge in [0.15, 0.2) is 23.9 Å². The summed E-state index contributed by atoms with van der Waals surface area (Å²) >= 11 is 0. The van der Waals surface area contributed by atoms with E-state index in [2.05, 4.69) is 0 Å². The topological polar surface area (TPSA) is 99.2 Å². The van der Waals surface area contributed by atoms with E-state index in [0.717, 1.165) is 4.90 Å². The highest BCUT2D eigenvalue weighted by atomic mass is 16.6. The number of ketones is 1. The lowest BCUT2D eigenvalue weighted by Gasteiger charge is -2.18. The second kappa shape index (κ2) is 7.75. The Morgan fingerprint density at radius 2 is 1.62 bits per heavy atom. The summed E-state index contributed by atoms with van der Waals surface area (Å²) in [5, 5.41) is 0. The molecule has 0 saturated carbocycles. The van der Waals surface area contributed by atoms with Gasteiger partial charge in [0, 0.05) is 18.4 Å². The van der Waals surface area contributed by atoms with Gasteiger partial charge in [0.1, 0.15) is 13.2 Å². The van der Waals surface area contributed by atoms with E-state index in [9.17, 15) is 19.2 Å². The minimum absolute atomic E-state index is 0.143. The van der Waals surface area contributed by atoms with Crippen molar-refractivity contribution in [2.24, 2.45) is 0 Å². The molecule has 0 atom stereocenters. The Morgan fingerprint density at radius 3 is 2.38 bits per heavy atom. The Hall–Kier alpha value is -3.68. The third-order valence-electron chi connectivity index (χ3n) is 4.59. The normalized spacial score (nSPS) is 15.4. The number of hydrogen-bond acceptors (Lipinski definition) is 7. The van der Waals surface area contributed by atoms with Crippen molar-refractivity contribution in [3.63, 3.8) is 0 Å². The summed E-state index contributed by atoms with van der Waals surface area (Å²) in [5.41, 5.74) is 0.791. The zero-order valence-electron chi connectivity index (χ0n) is 15.4. The third-order valence-corrected chi connectivity index (χ3v) is 4.59. The number of hydrogen-bond donors (Lipinski definition) is 0. The highest BCUT2D eigenvalue weighted by Gasteiger charge is 2.30. The molecular formula is C21H17NO7. The van der Waals surface area contributed by atoms with Gasteiger partial charge in [0.2, 0.25) is 11.8 Å². The third kappa shape index (κ3) is 3.82. The van der Waals surface area contributed by atoms with Gasteiger partial charge in [-0.15, -0.1) is 0 Å². The molecule has 29 heavy (non-hydrogen) atoms. The molecule has 148 valence electrons. The van der Waals surface area contributed by atoms with Gasteiger partial charge in [-0.05, 0) is 36.4 Å². The molecule has 1 fully saturated rings. The molecule has 0 spiro atoms. The van der Waals surface area contributed by atoms with E-state index in [0.29, 0.717) is 36.0 Å². The molecule has 2 aliphatic rings. The van der Waals surface area contributed by atoms with Gasteiger partial charge in [0.05, 0.1) is 11.3 Å². The molecule has 2 aromatic carbocycles. The van der Waals surface area contributed by atoms with E-state index in [4.69, 9.17) is 14.2 Å². The zero-order valence-corrected chi connectivity index (χ0v) is 15.4. The number of carbonyl (C=O) groups excluding carboxylic acids is 4. The van der Waals surface area contributed by atoms with Crippen LogP contribution in [0.1, 0.15) is 33.6 Å². The zero-order chi connectivity index (χ0) is 20.4. The summed E-state index contributed by atoms with van der Waals surface area (Å²) in [6, 6.07) is 10.8. The summed E-state index contributed by atoms with van der Waals surface area (Å²) in [4.78, 5) is 49.5. The molecule has 0 radical (unpaired) electrons. The average molecular weight is 395 g/mol. The molecule has 1 saturated heterocycles. The predicted molar refractivity (Wildman–Crippen MR) is 100 cm³/mol. The predicted octanol–water partition coefficient (Wildman–Crippen LogP) is 2.15. The van der Waals surface area contributed by atoms with Crippen LogP contribution in [-0.2, 0) is 14.3 Å². The molecule has 8 nitrogen and oxygen atoms in total. The maximum absolute atomic E-state index is 12.4. The van der Waals surface area contributed by atoms with E-state index in [1.54, 1.807) is 30.3 Å². The maximum atomic E-state index is 12.4. The van der Waals surface area contributed by atoms with Crippen molar-refractivity contribution in [1.29, 1.82) is 0 Å². The summed E-state index contributed by atoms with van der Waals surface area (Å²) in [5.74, 6) is -0.703. The number of benzene rings is 2. The Balaban J connectivity index is 1.42. The number of imide groups is 1. The molecule has 2 aliphatic heterocycles. The molecule has 0 unspecified atom stereocenters. The minimum Gasteiger partial charge on any atom is -0.486 e. The largest absolute Gasteiger partial charge is 0.486 e. The molecule has 8 heteroatoms. The smallest absolute Gasteiger partial charge is 0.338 e. The SMILES string of the molecule is O=C(COC(=O)c1cccc(N2C(=O)CCC2=O)c1)c1ccc2c(c1)OCCO2. The Labute approximate surface area is 166 Å². The average Bonchev–Trinajstić information content (AvgIpc) is 3.09. The number of Topliss-reactive ketones (excluding diaryl/α,β-unsaturated/α-hetero) is 1. The fourth-order valence-corrected chi connectivity index (χ4v) is 3.15. The molecule has 2 aromatic rings. The van der Waals surface area contributed by atoms with Crippen LogP contribution in [0.25, 0.3) is 0 Å². The van der Waals surface area contributed by atoms with Crippen LogP contribution >= 0.6 is 0 Å². The second-order valence-corrected chi connectivity index (χ2v) is 6.53. The number of amides is 2.